The number of carbonyl (C=O) groups excluding carboxylic acids is 1. The third kappa shape index (κ3) is 3.90. The summed E-state index contributed by atoms with van der Waals surface area (Å²) in [4.78, 5) is 24.3. The third-order valence-corrected chi connectivity index (χ3v) is 4.51. The van der Waals surface area contributed by atoms with Gasteiger partial charge < -0.3 is 9.64 Å². The molecule has 0 N–H and O–H groups in total. The van der Waals surface area contributed by atoms with Crippen molar-refractivity contribution in [2.24, 2.45) is 0 Å². The second-order valence-electron chi connectivity index (χ2n) is 6.07. The SMILES string of the molecule is COC(=O)/C=C/c1ccc(N2CCC(n3cccn3)CC2)c([N+](=O)[O-])c1. The monoisotopic (exact) mass is 356 g/mol. The molecule has 2 heterocycles. The maximum absolute atomic E-state index is 11.5. The number of aromatic nitrogens is 2. The molecule has 0 spiro atoms. The number of piperidine rings is 1. The van der Waals surface area contributed by atoms with Crippen molar-refractivity contribution >= 4 is 23.4 Å². The van der Waals surface area contributed by atoms with Gasteiger partial charge in [0.2, 0.25) is 0 Å². The minimum absolute atomic E-state index is 0.0366. The molecule has 0 saturated carbocycles. The highest BCUT2D eigenvalue weighted by Gasteiger charge is 2.25. The van der Waals surface area contributed by atoms with Gasteiger partial charge in [-0.2, -0.15) is 5.10 Å². The summed E-state index contributed by atoms with van der Waals surface area (Å²) in [5.41, 5.74) is 1.22. The van der Waals surface area contributed by atoms with Crippen molar-refractivity contribution in [1.29, 1.82) is 0 Å². The van der Waals surface area contributed by atoms with Crippen molar-refractivity contribution in [2.75, 3.05) is 25.1 Å². The van der Waals surface area contributed by atoms with E-state index in [2.05, 4.69) is 9.84 Å². The first-order chi connectivity index (χ1) is 12.6. The van der Waals surface area contributed by atoms with Gasteiger partial charge in [0.15, 0.2) is 0 Å². The highest BCUT2D eigenvalue weighted by molar-refractivity contribution is 5.87. The van der Waals surface area contributed by atoms with Gasteiger partial charge in [0, 0.05) is 37.6 Å². The van der Waals surface area contributed by atoms with E-state index in [0.717, 1.165) is 25.9 Å². The van der Waals surface area contributed by atoms with E-state index < -0.39 is 5.97 Å². The van der Waals surface area contributed by atoms with Gasteiger partial charge in [0.1, 0.15) is 5.69 Å². The van der Waals surface area contributed by atoms with Crippen LogP contribution in [0.25, 0.3) is 6.08 Å². The molecule has 136 valence electrons. The van der Waals surface area contributed by atoms with Crippen LogP contribution in [0.15, 0.2) is 42.7 Å². The maximum Gasteiger partial charge on any atom is 0.330 e. The van der Waals surface area contributed by atoms with E-state index in [-0.39, 0.29) is 10.6 Å². The van der Waals surface area contributed by atoms with Gasteiger partial charge >= 0.3 is 5.97 Å². The summed E-state index contributed by atoms with van der Waals surface area (Å²) in [6, 6.07) is 7.21. The summed E-state index contributed by atoms with van der Waals surface area (Å²) in [5.74, 6) is -0.502. The van der Waals surface area contributed by atoms with Crippen LogP contribution in [0.5, 0.6) is 0 Å². The molecule has 26 heavy (non-hydrogen) atoms. The largest absolute Gasteiger partial charge is 0.466 e. The van der Waals surface area contributed by atoms with Crippen molar-refractivity contribution < 1.29 is 14.5 Å². The Morgan fingerprint density at radius 3 is 2.77 bits per heavy atom. The smallest absolute Gasteiger partial charge is 0.330 e. The number of nitrogens with zero attached hydrogens (tertiary/aromatic N) is 4. The minimum atomic E-state index is -0.502. The van der Waals surface area contributed by atoms with Crippen molar-refractivity contribution in [3.8, 4) is 0 Å². The Balaban J connectivity index is 1.76. The lowest BCUT2D eigenvalue weighted by Gasteiger charge is -2.33. The lowest BCUT2D eigenvalue weighted by atomic mass is 10.0. The van der Waals surface area contributed by atoms with Crippen molar-refractivity contribution in [3.05, 3.63) is 58.4 Å². The zero-order chi connectivity index (χ0) is 18.5. The van der Waals surface area contributed by atoms with E-state index in [1.807, 2.05) is 21.8 Å². The van der Waals surface area contributed by atoms with Crippen LogP contribution in [0.3, 0.4) is 0 Å². The molecule has 8 heteroatoms. The van der Waals surface area contributed by atoms with Crippen molar-refractivity contribution in [3.63, 3.8) is 0 Å². The quantitative estimate of drug-likeness (QED) is 0.354. The highest BCUT2D eigenvalue weighted by atomic mass is 16.6. The van der Waals surface area contributed by atoms with Gasteiger partial charge in [0.05, 0.1) is 18.1 Å². The van der Waals surface area contributed by atoms with Gasteiger partial charge in [0.25, 0.3) is 5.69 Å². The van der Waals surface area contributed by atoms with E-state index in [0.29, 0.717) is 17.3 Å². The fourth-order valence-corrected chi connectivity index (χ4v) is 3.16. The Bertz CT molecular complexity index is 809. The van der Waals surface area contributed by atoms with E-state index in [1.165, 1.54) is 25.3 Å². The number of rotatable bonds is 5. The van der Waals surface area contributed by atoms with Crippen LogP contribution in [-0.4, -0.2) is 40.9 Å². The fourth-order valence-electron chi connectivity index (χ4n) is 3.16. The van der Waals surface area contributed by atoms with Crippen LogP contribution in [0.4, 0.5) is 11.4 Å². The second-order valence-corrected chi connectivity index (χ2v) is 6.07. The molecule has 1 aromatic heterocycles. The van der Waals surface area contributed by atoms with Gasteiger partial charge in [-0.3, -0.25) is 14.8 Å². The molecule has 3 rings (SSSR count). The first-order valence-electron chi connectivity index (χ1n) is 8.37. The number of hydrogen-bond acceptors (Lipinski definition) is 6. The molecule has 1 aromatic carbocycles. The molecular formula is C18H20N4O4. The summed E-state index contributed by atoms with van der Waals surface area (Å²) < 4.78 is 6.49. The van der Waals surface area contributed by atoms with Crippen LogP contribution in [-0.2, 0) is 9.53 Å². The summed E-state index contributed by atoms with van der Waals surface area (Å²) in [6.07, 6.45) is 8.22. The maximum atomic E-state index is 11.5. The zero-order valence-electron chi connectivity index (χ0n) is 14.4. The Hall–Kier alpha value is -3.16. The number of ether oxygens (including phenoxy) is 1. The average molecular weight is 356 g/mol. The van der Waals surface area contributed by atoms with Crippen LogP contribution in [0, 0.1) is 10.1 Å². The number of hydrogen-bond donors (Lipinski definition) is 0. The summed E-state index contributed by atoms with van der Waals surface area (Å²) >= 11 is 0. The number of methoxy groups -OCH3 is 1. The summed E-state index contributed by atoms with van der Waals surface area (Å²) in [7, 11) is 1.28. The third-order valence-electron chi connectivity index (χ3n) is 4.51. The van der Waals surface area contributed by atoms with Gasteiger partial charge in [-0.1, -0.05) is 6.07 Å². The fraction of sp³-hybridized carbons (Fsp3) is 0.333. The molecule has 2 aromatic rings. The normalized spacial score (nSPS) is 15.3. The number of benzene rings is 1. The predicted octanol–water partition coefficient (Wildman–Crippen LogP) is 2.82. The summed E-state index contributed by atoms with van der Waals surface area (Å²) in [6.45, 7) is 1.45. The molecular weight excluding hydrogens is 336 g/mol. The molecule has 0 atom stereocenters. The highest BCUT2D eigenvalue weighted by Crippen LogP contribution is 2.33. The van der Waals surface area contributed by atoms with Crippen LogP contribution in [0.2, 0.25) is 0 Å². The van der Waals surface area contributed by atoms with Crippen LogP contribution >= 0.6 is 0 Å². The molecule has 0 bridgehead atoms. The van der Waals surface area contributed by atoms with Crippen molar-refractivity contribution in [1.82, 2.24) is 9.78 Å². The predicted molar refractivity (Wildman–Crippen MR) is 96.9 cm³/mol. The Morgan fingerprint density at radius 1 is 1.38 bits per heavy atom. The first-order valence-corrected chi connectivity index (χ1v) is 8.37. The molecule has 1 fully saturated rings. The van der Waals surface area contributed by atoms with Crippen molar-refractivity contribution in [2.45, 2.75) is 18.9 Å². The average Bonchev–Trinajstić information content (AvgIpc) is 3.20. The number of nitro benzene ring substituents is 1. The number of esters is 1. The molecule has 1 saturated heterocycles. The second kappa shape index (κ2) is 7.81. The van der Waals surface area contributed by atoms with Gasteiger partial charge in [-0.05, 0) is 36.6 Å². The molecule has 8 nitrogen and oxygen atoms in total. The molecule has 0 radical (unpaired) electrons. The van der Waals surface area contributed by atoms with Crippen LogP contribution in [0.1, 0.15) is 24.4 Å². The van der Waals surface area contributed by atoms with Gasteiger partial charge in [-0.15, -0.1) is 0 Å². The molecule has 0 unspecified atom stereocenters. The van der Waals surface area contributed by atoms with E-state index in [1.54, 1.807) is 18.3 Å². The molecule has 0 amide bonds. The molecule has 1 aliphatic rings. The topological polar surface area (TPSA) is 90.5 Å². The van der Waals surface area contributed by atoms with Gasteiger partial charge in [-0.25, -0.2) is 4.79 Å². The molecule has 1 aliphatic heterocycles. The Morgan fingerprint density at radius 2 is 2.15 bits per heavy atom. The zero-order valence-corrected chi connectivity index (χ0v) is 14.4. The number of nitro groups is 1. The number of carbonyl (C=O) groups is 1. The summed E-state index contributed by atoms with van der Waals surface area (Å²) in [5, 5.41) is 15.8. The van der Waals surface area contributed by atoms with E-state index in [9.17, 15) is 14.9 Å². The first kappa shape index (κ1) is 17.7. The van der Waals surface area contributed by atoms with E-state index >= 15 is 0 Å². The lowest BCUT2D eigenvalue weighted by molar-refractivity contribution is -0.384. The standard InChI is InChI=1S/C18H20N4O4/c1-26-18(23)6-4-14-3-5-16(17(13-14)22(24)25)20-11-7-15(8-12-20)21-10-2-9-19-21/h2-6,9-10,13,15H,7-8,11-12H2,1H3/b6-4+. The lowest BCUT2D eigenvalue weighted by Crippen LogP contribution is -2.35. The Kier molecular flexibility index (Phi) is 5.31. The number of anilines is 1. The minimum Gasteiger partial charge on any atom is -0.466 e. The molecule has 0 aliphatic carbocycles. The Labute approximate surface area is 150 Å². The van der Waals surface area contributed by atoms with E-state index in [4.69, 9.17) is 0 Å². The van der Waals surface area contributed by atoms with Crippen LogP contribution < -0.4 is 4.90 Å².